The van der Waals surface area contributed by atoms with Gasteiger partial charge in [0.15, 0.2) is 0 Å². The number of carboxylic acids is 1. The minimum Gasteiger partial charge on any atom is -0.496 e. The van der Waals surface area contributed by atoms with Gasteiger partial charge in [0.05, 0.1) is 20.1 Å². The largest absolute Gasteiger partial charge is 0.496 e. The molecule has 0 bridgehead atoms. The quantitative estimate of drug-likeness (QED) is 0.842. The summed E-state index contributed by atoms with van der Waals surface area (Å²) in [7, 11) is 3.25. The fraction of sp³-hybridized carbons (Fsp3) is 0.500. The molecule has 2 rings (SSSR count). The maximum atomic E-state index is 11.0. The maximum absolute atomic E-state index is 11.0. The number of aliphatic carboxylic acids is 1. The molecule has 1 aromatic rings. The summed E-state index contributed by atoms with van der Waals surface area (Å²) in [5, 5.41) is 9.04. The lowest BCUT2D eigenvalue weighted by Crippen LogP contribution is -2.16. The molecule has 1 aromatic carbocycles. The van der Waals surface area contributed by atoms with E-state index in [2.05, 4.69) is 0 Å². The number of benzene rings is 1. The number of methoxy groups -OCH3 is 2. The third-order valence-electron chi connectivity index (χ3n) is 3.56. The molecular formula is C14H18O4. The van der Waals surface area contributed by atoms with Gasteiger partial charge in [-0.25, -0.2) is 0 Å². The molecule has 1 fully saturated rings. The first-order valence-corrected chi connectivity index (χ1v) is 6.00. The molecule has 98 valence electrons. The normalized spacial score (nSPS) is 16.3. The summed E-state index contributed by atoms with van der Waals surface area (Å²) < 4.78 is 10.6. The van der Waals surface area contributed by atoms with Crippen molar-refractivity contribution in [1.29, 1.82) is 0 Å². The Labute approximate surface area is 107 Å². The summed E-state index contributed by atoms with van der Waals surface area (Å²) >= 11 is 0. The van der Waals surface area contributed by atoms with Crippen LogP contribution in [0.2, 0.25) is 0 Å². The van der Waals surface area contributed by atoms with E-state index in [0.29, 0.717) is 6.61 Å². The lowest BCUT2D eigenvalue weighted by molar-refractivity contribution is -0.137. The van der Waals surface area contributed by atoms with Gasteiger partial charge >= 0.3 is 5.97 Å². The first-order valence-electron chi connectivity index (χ1n) is 6.00. The Balaban J connectivity index is 2.40. The molecule has 0 radical (unpaired) electrons. The Bertz CT molecular complexity index is 449. The summed E-state index contributed by atoms with van der Waals surface area (Å²) in [5.74, 6) is 0.0182. The molecule has 18 heavy (non-hydrogen) atoms. The van der Waals surface area contributed by atoms with Crippen LogP contribution in [0, 0.1) is 0 Å². The average Bonchev–Trinajstić information content (AvgIpc) is 3.09. The number of carbonyl (C=O) groups is 1. The van der Waals surface area contributed by atoms with Gasteiger partial charge in [-0.05, 0) is 24.5 Å². The molecule has 4 heteroatoms. The highest BCUT2D eigenvalue weighted by atomic mass is 16.5. The van der Waals surface area contributed by atoms with E-state index in [-0.39, 0.29) is 11.8 Å². The van der Waals surface area contributed by atoms with Crippen LogP contribution in [0.15, 0.2) is 18.2 Å². The van der Waals surface area contributed by atoms with E-state index in [0.717, 1.165) is 29.7 Å². The van der Waals surface area contributed by atoms with Crippen LogP contribution in [0.3, 0.4) is 0 Å². The van der Waals surface area contributed by atoms with Gasteiger partial charge in [-0.2, -0.15) is 0 Å². The number of rotatable bonds is 6. The summed E-state index contributed by atoms with van der Waals surface area (Å²) in [6, 6.07) is 5.79. The number of carboxylic acid groups (broad SMARTS) is 1. The third-order valence-corrected chi connectivity index (χ3v) is 3.56. The van der Waals surface area contributed by atoms with E-state index in [1.807, 2.05) is 18.2 Å². The monoisotopic (exact) mass is 250 g/mol. The van der Waals surface area contributed by atoms with E-state index in [1.54, 1.807) is 14.2 Å². The minimum atomic E-state index is -0.751. The lowest BCUT2D eigenvalue weighted by Gasteiger charge is -2.19. The van der Waals surface area contributed by atoms with E-state index >= 15 is 0 Å². The zero-order chi connectivity index (χ0) is 13.2. The van der Waals surface area contributed by atoms with Crippen molar-refractivity contribution in [3.8, 4) is 5.75 Å². The van der Waals surface area contributed by atoms with E-state index in [1.165, 1.54) is 0 Å². The van der Waals surface area contributed by atoms with Gasteiger partial charge in [0.2, 0.25) is 0 Å². The van der Waals surface area contributed by atoms with Gasteiger partial charge < -0.3 is 14.6 Å². The number of ether oxygens (including phenoxy) is 2. The van der Waals surface area contributed by atoms with Crippen LogP contribution in [-0.2, 0) is 21.6 Å². The molecule has 1 N–H and O–H groups in total. The topological polar surface area (TPSA) is 55.8 Å². The highest BCUT2D eigenvalue weighted by Crippen LogP contribution is 2.53. The summed E-state index contributed by atoms with van der Waals surface area (Å²) in [6.07, 6.45) is 2.02. The van der Waals surface area contributed by atoms with E-state index in [4.69, 9.17) is 14.6 Å². The molecule has 0 atom stereocenters. The Morgan fingerprint density at radius 2 is 2.11 bits per heavy atom. The molecule has 4 nitrogen and oxygen atoms in total. The van der Waals surface area contributed by atoms with Crippen molar-refractivity contribution in [2.75, 3.05) is 14.2 Å². The van der Waals surface area contributed by atoms with Gasteiger partial charge in [-0.3, -0.25) is 4.79 Å². The molecule has 0 aromatic heterocycles. The summed E-state index contributed by atoms with van der Waals surface area (Å²) in [6.45, 7) is 0.445. The van der Waals surface area contributed by atoms with Gasteiger partial charge in [-0.15, -0.1) is 0 Å². The van der Waals surface area contributed by atoms with Gasteiger partial charge in [0.1, 0.15) is 5.75 Å². The Morgan fingerprint density at radius 3 is 2.61 bits per heavy atom. The predicted octanol–water partition coefficient (Wildman–Crippen LogP) is 2.35. The SMILES string of the molecule is COCc1c(OC)cccc1C1(CC(=O)O)CC1. The zero-order valence-corrected chi connectivity index (χ0v) is 10.7. The van der Waals surface area contributed by atoms with Crippen molar-refractivity contribution in [3.05, 3.63) is 29.3 Å². The van der Waals surface area contributed by atoms with Crippen LogP contribution in [0.1, 0.15) is 30.4 Å². The van der Waals surface area contributed by atoms with Crippen molar-refractivity contribution >= 4 is 5.97 Å². The van der Waals surface area contributed by atoms with E-state index in [9.17, 15) is 4.79 Å². The second kappa shape index (κ2) is 4.98. The van der Waals surface area contributed by atoms with E-state index < -0.39 is 5.97 Å². The fourth-order valence-corrected chi connectivity index (χ4v) is 2.53. The maximum Gasteiger partial charge on any atom is 0.304 e. The number of hydrogen-bond donors (Lipinski definition) is 1. The number of hydrogen-bond acceptors (Lipinski definition) is 3. The van der Waals surface area contributed by atoms with Crippen LogP contribution < -0.4 is 4.74 Å². The van der Waals surface area contributed by atoms with Crippen molar-refractivity contribution in [2.24, 2.45) is 0 Å². The highest BCUT2D eigenvalue weighted by Gasteiger charge is 2.47. The van der Waals surface area contributed by atoms with Crippen LogP contribution in [0.25, 0.3) is 0 Å². The first kappa shape index (κ1) is 12.9. The van der Waals surface area contributed by atoms with Gasteiger partial charge in [-0.1, -0.05) is 12.1 Å². The van der Waals surface area contributed by atoms with Crippen LogP contribution in [0.4, 0.5) is 0 Å². The molecule has 0 unspecified atom stereocenters. The Kier molecular flexibility index (Phi) is 3.57. The molecule has 1 aliphatic rings. The lowest BCUT2D eigenvalue weighted by atomic mass is 9.88. The van der Waals surface area contributed by atoms with Crippen molar-refractivity contribution < 1.29 is 19.4 Å². The van der Waals surface area contributed by atoms with Crippen LogP contribution >= 0.6 is 0 Å². The van der Waals surface area contributed by atoms with Crippen molar-refractivity contribution in [3.63, 3.8) is 0 Å². The van der Waals surface area contributed by atoms with Crippen LogP contribution in [0.5, 0.6) is 5.75 Å². The molecule has 0 heterocycles. The Morgan fingerprint density at radius 1 is 1.39 bits per heavy atom. The molecule has 0 aliphatic heterocycles. The van der Waals surface area contributed by atoms with Crippen LogP contribution in [-0.4, -0.2) is 25.3 Å². The second-order valence-corrected chi connectivity index (χ2v) is 4.77. The molecule has 0 spiro atoms. The highest BCUT2D eigenvalue weighted by molar-refractivity contribution is 5.70. The van der Waals surface area contributed by atoms with Crippen molar-refractivity contribution in [2.45, 2.75) is 31.3 Å². The second-order valence-electron chi connectivity index (χ2n) is 4.77. The van der Waals surface area contributed by atoms with Gasteiger partial charge in [0.25, 0.3) is 0 Å². The Hall–Kier alpha value is -1.55. The molecule has 0 saturated heterocycles. The summed E-state index contributed by atoms with van der Waals surface area (Å²) in [5.41, 5.74) is 1.82. The average molecular weight is 250 g/mol. The standard InChI is InChI=1S/C14H18O4/c1-17-9-10-11(4-3-5-12(10)18-2)14(6-7-14)8-13(15)16/h3-5H,6-9H2,1-2H3,(H,15,16). The minimum absolute atomic E-state index is 0.177. The first-order chi connectivity index (χ1) is 8.63. The van der Waals surface area contributed by atoms with Crippen molar-refractivity contribution in [1.82, 2.24) is 0 Å². The fourth-order valence-electron chi connectivity index (χ4n) is 2.53. The predicted molar refractivity (Wildman–Crippen MR) is 66.9 cm³/mol. The summed E-state index contributed by atoms with van der Waals surface area (Å²) in [4.78, 5) is 11.0. The zero-order valence-electron chi connectivity index (χ0n) is 10.7. The smallest absolute Gasteiger partial charge is 0.304 e. The third kappa shape index (κ3) is 2.34. The molecule has 1 aliphatic carbocycles. The molecule has 1 saturated carbocycles. The molecular weight excluding hydrogens is 232 g/mol. The van der Waals surface area contributed by atoms with Gasteiger partial charge in [0, 0.05) is 18.1 Å². The molecule has 0 amide bonds.